The van der Waals surface area contributed by atoms with Crippen LogP contribution in [-0.4, -0.2) is 34.1 Å². The molecule has 2 aliphatic heterocycles. The van der Waals surface area contributed by atoms with Crippen molar-refractivity contribution in [1.82, 2.24) is 14.5 Å². The second-order valence-electron chi connectivity index (χ2n) is 7.91. The molecule has 1 amide bonds. The van der Waals surface area contributed by atoms with Gasteiger partial charge in [-0.25, -0.2) is 9.78 Å². The Hall–Kier alpha value is -3.34. The lowest BCUT2D eigenvalue weighted by Gasteiger charge is -2.21. The van der Waals surface area contributed by atoms with Crippen molar-refractivity contribution in [3.63, 3.8) is 0 Å². The number of aromatic nitrogens is 2. The lowest BCUT2D eigenvalue weighted by atomic mass is 10.1. The van der Waals surface area contributed by atoms with Crippen molar-refractivity contribution in [2.45, 2.75) is 39.3 Å². The molecule has 0 fully saturated rings. The van der Waals surface area contributed by atoms with E-state index < -0.39 is 0 Å². The minimum absolute atomic E-state index is 0.284. The van der Waals surface area contributed by atoms with Crippen LogP contribution in [0.2, 0.25) is 0 Å². The van der Waals surface area contributed by atoms with Crippen molar-refractivity contribution in [2.24, 2.45) is 0 Å². The Morgan fingerprint density at radius 3 is 2.65 bits per heavy atom. The number of benzene rings is 2. The third-order valence-corrected chi connectivity index (χ3v) is 5.68. The molecule has 31 heavy (non-hydrogen) atoms. The minimum Gasteiger partial charge on any atom is -0.445 e. The number of nitrogens with zero attached hydrogens (tertiary/aromatic N) is 3. The molecule has 2 heterocycles. The van der Waals surface area contributed by atoms with E-state index in [9.17, 15) is 4.79 Å². The summed E-state index contributed by atoms with van der Waals surface area (Å²) in [6, 6.07) is 20.2. The molecule has 0 aromatic heterocycles. The van der Waals surface area contributed by atoms with Gasteiger partial charge in [-0.05, 0) is 24.1 Å². The van der Waals surface area contributed by atoms with Gasteiger partial charge in [0.15, 0.2) is 0 Å². The fourth-order valence-corrected chi connectivity index (χ4v) is 3.88. The van der Waals surface area contributed by atoms with E-state index in [1.165, 1.54) is 16.6 Å². The van der Waals surface area contributed by atoms with Crippen LogP contribution in [0.4, 0.5) is 4.79 Å². The Morgan fingerprint density at radius 2 is 1.84 bits per heavy atom. The van der Waals surface area contributed by atoms with Crippen LogP contribution < -0.4 is 0 Å². The van der Waals surface area contributed by atoms with Gasteiger partial charge in [-0.1, -0.05) is 61.9 Å². The Kier molecular flexibility index (Phi) is 6.51. The number of hydrogen-bond donors (Lipinski definition) is 0. The molecule has 4 rings (SSSR count). The molecule has 0 bridgehead atoms. The number of ether oxygens (including phenoxy) is 1. The summed E-state index contributed by atoms with van der Waals surface area (Å²) < 4.78 is 7.77. The van der Waals surface area contributed by atoms with Crippen LogP contribution in [0.1, 0.15) is 31.0 Å². The number of pyridine rings is 1. The first-order chi connectivity index (χ1) is 15.2. The summed E-state index contributed by atoms with van der Waals surface area (Å²) in [5, 5.41) is 1.18. The fraction of sp³-hybridized carbons (Fsp3) is 0.308. The molecular formula is C26H29N3O2. The molecule has 0 radical (unpaired) electrons. The second-order valence-corrected chi connectivity index (χ2v) is 7.91. The minimum atomic E-state index is -0.309. The quantitative estimate of drug-likeness (QED) is 0.368. The third-order valence-electron chi connectivity index (χ3n) is 5.68. The van der Waals surface area contributed by atoms with Crippen LogP contribution in [0.25, 0.3) is 22.2 Å². The highest BCUT2D eigenvalue weighted by Gasteiger charge is 2.19. The summed E-state index contributed by atoms with van der Waals surface area (Å²) in [7, 11) is 1.79. The Morgan fingerprint density at radius 1 is 1.06 bits per heavy atom. The van der Waals surface area contributed by atoms with Crippen molar-refractivity contribution < 1.29 is 9.53 Å². The zero-order valence-electron chi connectivity index (χ0n) is 18.3. The van der Waals surface area contributed by atoms with Crippen molar-refractivity contribution in [3.05, 3.63) is 78.1 Å². The zero-order valence-corrected chi connectivity index (χ0v) is 18.3. The van der Waals surface area contributed by atoms with Crippen LogP contribution in [0, 0.1) is 0 Å². The summed E-state index contributed by atoms with van der Waals surface area (Å²) >= 11 is 0. The van der Waals surface area contributed by atoms with E-state index in [2.05, 4.69) is 42.0 Å². The van der Waals surface area contributed by atoms with E-state index in [1.54, 1.807) is 11.9 Å². The molecule has 2 aromatic rings. The summed E-state index contributed by atoms with van der Waals surface area (Å²) in [5.74, 6) is 0. The van der Waals surface area contributed by atoms with Gasteiger partial charge in [-0.3, -0.25) is 0 Å². The number of aryl methyl sites for hydroxylation is 1. The number of hydrogen-bond acceptors (Lipinski definition) is 3. The Balaban J connectivity index is 1.50. The monoisotopic (exact) mass is 415 g/mol. The van der Waals surface area contributed by atoms with Gasteiger partial charge in [0.25, 0.3) is 0 Å². The molecule has 0 unspecified atom stereocenters. The number of likely N-dealkylation sites (N-methyl/N-ethyl adjacent to an activating group) is 1. The van der Waals surface area contributed by atoms with Gasteiger partial charge in [0.05, 0.1) is 11.2 Å². The first-order valence-electron chi connectivity index (χ1n) is 11.0. The molecule has 0 saturated carbocycles. The Labute approximate surface area is 183 Å². The normalized spacial score (nSPS) is 11.2. The molecular weight excluding hydrogens is 386 g/mol. The molecule has 5 heteroatoms. The SMILES string of the molecule is CCCCn1ccc2c3ccccc3nc-2c1CCN(C)C(=O)OCc1ccccc1. The molecule has 0 N–H and O–H groups in total. The summed E-state index contributed by atoms with van der Waals surface area (Å²) in [6.45, 7) is 4.01. The highest BCUT2D eigenvalue weighted by molar-refractivity contribution is 5.97. The number of amides is 1. The first-order valence-corrected chi connectivity index (χ1v) is 11.0. The second kappa shape index (κ2) is 9.65. The number of unbranched alkanes of at least 4 members (excludes halogenated alkanes) is 1. The molecule has 5 nitrogen and oxygen atoms in total. The number of carbonyl (C=O) groups is 1. The number of fused-ring (bicyclic) bond motifs is 3. The van der Waals surface area contributed by atoms with E-state index >= 15 is 0 Å². The van der Waals surface area contributed by atoms with E-state index in [1.807, 2.05) is 36.4 Å². The van der Waals surface area contributed by atoms with Gasteiger partial charge in [0, 0.05) is 49.4 Å². The van der Waals surface area contributed by atoms with Crippen molar-refractivity contribution in [1.29, 1.82) is 0 Å². The van der Waals surface area contributed by atoms with Crippen LogP contribution in [0.15, 0.2) is 66.9 Å². The average Bonchev–Trinajstić information content (AvgIpc) is 3.19. The molecule has 0 aliphatic carbocycles. The molecule has 0 atom stereocenters. The molecule has 0 saturated heterocycles. The largest absolute Gasteiger partial charge is 0.445 e. The fourth-order valence-electron chi connectivity index (χ4n) is 3.88. The molecule has 0 spiro atoms. The smallest absolute Gasteiger partial charge is 0.409 e. The number of rotatable bonds is 8. The summed E-state index contributed by atoms with van der Waals surface area (Å²) in [4.78, 5) is 19.1. The lowest BCUT2D eigenvalue weighted by Crippen LogP contribution is -2.30. The van der Waals surface area contributed by atoms with Gasteiger partial charge in [0.1, 0.15) is 6.61 Å². The third kappa shape index (κ3) is 4.71. The maximum Gasteiger partial charge on any atom is 0.409 e. The summed E-state index contributed by atoms with van der Waals surface area (Å²) in [5.41, 5.74) is 5.38. The number of para-hydroxylation sites is 1. The standard InChI is InChI=1S/C26H29N3O2/c1-3-4-16-29-18-14-22-21-12-8-9-13-23(21)27-25(22)24(29)15-17-28(2)26(30)31-19-20-10-6-5-7-11-20/h5-14,18H,3-4,15-17,19H2,1-2H3. The topological polar surface area (TPSA) is 47.4 Å². The van der Waals surface area contributed by atoms with E-state index in [0.717, 1.165) is 42.6 Å². The van der Waals surface area contributed by atoms with E-state index in [0.29, 0.717) is 6.54 Å². The highest BCUT2D eigenvalue weighted by atomic mass is 16.6. The van der Waals surface area contributed by atoms with Crippen LogP contribution >= 0.6 is 0 Å². The van der Waals surface area contributed by atoms with Gasteiger partial charge < -0.3 is 14.2 Å². The van der Waals surface area contributed by atoms with Crippen molar-refractivity contribution in [3.8, 4) is 11.3 Å². The summed E-state index contributed by atoms with van der Waals surface area (Å²) in [6.07, 6.45) is 4.82. The number of carbonyl (C=O) groups excluding carboxylic acids is 1. The van der Waals surface area contributed by atoms with Crippen LogP contribution in [0.5, 0.6) is 0 Å². The maximum absolute atomic E-state index is 12.5. The van der Waals surface area contributed by atoms with Gasteiger partial charge in [-0.15, -0.1) is 0 Å². The average molecular weight is 416 g/mol. The van der Waals surface area contributed by atoms with Gasteiger partial charge in [0.2, 0.25) is 0 Å². The molecule has 2 aromatic carbocycles. The van der Waals surface area contributed by atoms with Gasteiger partial charge >= 0.3 is 6.09 Å². The predicted octanol–water partition coefficient (Wildman–Crippen LogP) is 5.75. The van der Waals surface area contributed by atoms with E-state index in [-0.39, 0.29) is 12.7 Å². The van der Waals surface area contributed by atoms with Crippen LogP contribution in [-0.2, 0) is 24.3 Å². The maximum atomic E-state index is 12.5. The van der Waals surface area contributed by atoms with Crippen molar-refractivity contribution in [2.75, 3.05) is 13.6 Å². The van der Waals surface area contributed by atoms with E-state index in [4.69, 9.17) is 9.72 Å². The highest BCUT2D eigenvalue weighted by Crippen LogP contribution is 2.33. The van der Waals surface area contributed by atoms with Crippen molar-refractivity contribution >= 4 is 17.0 Å². The molecule has 2 aliphatic rings. The molecule has 160 valence electrons. The van der Waals surface area contributed by atoms with Gasteiger partial charge in [-0.2, -0.15) is 0 Å². The van der Waals surface area contributed by atoms with Crippen LogP contribution in [0.3, 0.4) is 0 Å². The zero-order chi connectivity index (χ0) is 21.6. The Bertz CT molecular complexity index is 1120. The first kappa shape index (κ1) is 20.9. The predicted molar refractivity (Wildman–Crippen MR) is 124 cm³/mol. The lowest BCUT2D eigenvalue weighted by molar-refractivity contribution is 0.105.